The molecule has 0 N–H and O–H groups in total. The summed E-state index contributed by atoms with van der Waals surface area (Å²) >= 11 is 0. The molecule has 0 unspecified atom stereocenters. The minimum Gasteiger partial charge on any atom is -0.376 e. The van der Waals surface area contributed by atoms with E-state index in [2.05, 4.69) is 239 Å². The molecule has 0 aromatic heterocycles. The van der Waals surface area contributed by atoms with Crippen molar-refractivity contribution in [1.82, 2.24) is 0 Å². The first-order chi connectivity index (χ1) is 32.4. The second-order valence-electron chi connectivity index (χ2n) is 21.5. The number of fused-ring (bicyclic) bond motifs is 7. The van der Waals surface area contributed by atoms with Crippen LogP contribution >= 0.6 is 0 Å². The lowest BCUT2D eigenvalue weighted by Crippen LogP contribution is -2.62. The van der Waals surface area contributed by atoms with E-state index in [9.17, 15) is 0 Å². The predicted molar refractivity (Wildman–Crippen MR) is 286 cm³/mol. The summed E-state index contributed by atoms with van der Waals surface area (Å²) in [6.45, 7) is 17.0. The average molecular weight is 870 g/mol. The first-order valence-electron chi connectivity index (χ1n) is 24.7. The number of benzene rings is 8. The van der Waals surface area contributed by atoms with Crippen molar-refractivity contribution in [3.8, 4) is 22.3 Å². The van der Waals surface area contributed by atoms with Gasteiger partial charge in [-0.05, 0) is 165 Å². The van der Waals surface area contributed by atoms with E-state index in [1.54, 1.807) is 0 Å². The molecule has 3 aliphatic heterocycles. The van der Waals surface area contributed by atoms with Crippen LogP contribution < -0.4 is 25.5 Å². The summed E-state index contributed by atoms with van der Waals surface area (Å²) in [5.74, 6) is 0. The molecule has 0 amide bonds. The van der Waals surface area contributed by atoms with Crippen LogP contribution in [0.25, 0.3) is 22.3 Å². The first-order valence-corrected chi connectivity index (χ1v) is 24.7. The Bertz CT molecular complexity index is 3170. The fourth-order valence-corrected chi connectivity index (χ4v) is 12.2. The molecule has 3 heterocycles. The number of nitrogens with zero attached hydrogens (tertiary/aromatic N) is 3. The zero-order valence-corrected chi connectivity index (χ0v) is 40.2. The van der Waals surface area contributed by atoms with Gasteiger partial charge in [0.05, 0.1) is 5.69 Å². The molecule has 8 aromatic rings. The van der Waals surface area contributed by atoms with Gasteiger partial charge in [0.25, 0.3) is 0 Å². The average Bonchev–Trinajstić information content (AvgIpc) is 3.35. The number of rotatable bonds is 8. The number of unbranched alkanes of at least 4 members (excludes halogenated alkanes) is 1. The SMILES string of the molecule is CCCCc1ccc(N2B3c4cccc5c4N(c4cc6c(cc4C5(C)C)C(C)(C)CCC6(C)C)c4cc(-c5ccccc5)cc(c43)-c3cc(N(c4ccccc4)c4ccccc4)ccc32)cc1. The number of hydrogen-bond donors (Lipinski definition) is 0. The molecule has 67 heavy (non-hydrogen) atoms. The largest absolute Gasteiger partial charge is 0.376 e. The number of aryl methyl sites for hydroxylation is 1. The molecular weight excluding hydrogens is 810 g/mol. The van der Waals surface area contributed by atoms with E-state index < -0.39 is 0 Å². The molecular formula is C63H60BN3. The van der Waals surface area contributed by atoms with E-state index in [0.717, 1.165) is 23.5 Å². The Morgan fingerprint density at radius 2 is 1.15 bits per heavy atom. The highest BCUT2D eigenvalue weighted by Crippen LogP contribution is 2.58. The van der Waals surface area contributed by atoms with Crippen LogP contribution in [0.1, 0.15) is 102 Å². The maximum Gasteiger partial charge on any atom is 0.333 e. The molecule has 0 fully saturated rings. The standard InChI is InChI=1S/C63H60BN3/c1-8-9-20-42-29-31-47(32-30-42)67-56-34-33-48(65(45-23-15-11-16-24-45)46-25-17-12-18-26-46)39-49(56)50-37-44(43-21-13-10-14-22-43)38-58-59(50)64(67)55-28-19-27-51-60(55)66(58)57-41-53-52(40-54(57)63(51,6)7)61(2,3)35-36-62(53,4)5/h10-19,21-34,37-41H,8-9,20,35-36H2,1-7H3. The van der Waals surface area contributed by atoms with Crippen molar-refractivity contribution < 1.29 is 0 Å². The molecule has 1 aliphatic carbocycles. The van der Waals surface area contributed by atoms with Crippen LogP contribution in [0.3, 0.4) is 0 Å². The highest BCUT2D eigenvalue weighted by atomic mass is 15.2. The predicted octanol–water partition coefficient (Wildman–Crippen LogP) is 15.9. The van der Waals surface area contributed by atoms with Crippen molar-refractivity contribution in [3.63, 3.8) is 0 Å². The molecule has 12 rings (SSSR count). The van der Waals surface area contributed by atoms with E-state index in [1.807, 2.05) is 0 Å². The Kier molecular flexibility index (Phi) is 9.56. The third-order valence-electron chi connectivity index (χ3n) is 16.0. The molecule has 3 nitrogen and oxygen atoms in total. The molecule has 8 aromatic carbocycles. The monoisotopic (exact) mass is 869 g/mol. The topological polar surface area (TPSA) is 9.72 Å². The van der Waals surface area contributed by atoms with E-state index >= 15 is 0 Å². The van der Waals surface area contributed by atoms with Gasteiger partial charge in [-0.15, -0.1) is 0 Å². The molecule has 0 saturated carbocycles. The smallest absolute Gasteiger partial charge is 0.333 e. The lowest BCUT2D eigenvalue weighted by Gasteiger charge is -2.52. The third-order valence-corrected chi connectivity index (χ3v) is 16.0. The summed E-state index contributed by atoms with van der Waals surface area (Å²) in [4.78, 5) is 7.80. The lowest BCUT2D eigenvalue weighted by atomic mass is 9.42. The van der Waals surface area contributed by atoms with Gasteiger partial charge in [0, 0.05) is 50.8 Å². The van der Waals surface area contributed by atoms with E-state index in [0.29, 0.717) is 0 Å². The Hall–Kier alpha value is -6.78. The van der Waals surface area contributed by atoms with Crippen molar-refractivity contribution in [1.29, 1.82) is 0 Å². The van der Waals surface area contributed by atoms with Crippen LogP contribution in [0.4, 0.5) is 45.5 Å². The molecule has 0 bridgehead atoms. The Morgan fingerprint density at radius 3 is 1.81 bits per heavy atom. The summed E-state index contributed by atoms with van der Waals surface area (Å²) < 4.78 is 0. The van der Waals surface area contributed by atoms with Crippen LogP contribution in [0.5, 0.6) is 0 Å². The van der Waals surface area contributed by atoms with Gasteiger partial charge >= 0.3 is 6.85 Å². The minimum absolute atomic E-state index is 0.0618. The van der Waals surface area contributed by atoms with Gasteiger partial charge < -0.3 is 14.6 Å². The van der Waals surface area contributed by atoms with Gasteiger partial charge in [0.1, 0.15) is 0 Å². The fraction of sp³-hybridized carbons (Fsp3) is 0.238. The van der Waals surface area contributed by atoms with Crippen LogP contribution in [0, 0.1) is 0 Å². The van der Waals surface area contributed by atoms with Crippen LogP contribution in [0.15, 0.2) is 176 Å². The normalized spacial score (nSPS) is 16.3. The quantitative estimate of drug-likeness (QED) is 0.141. The maximum atomic E-state index is 2.71. The summed E-state index contributed by atoms with van der Waals surface area (Å²) in [6, 6.07) is 67.0. The zero-order chi connectivity index (χ0) is 45.8. The molecule has 4 aliphatic rings. The summed E-state index contributed by atoms with van der Waals surface area (Å²) in [6.07, 6.45) is 5.84. The Balaban J connectivity index is 1.18. The first kappa shape index (κ1) is 41.6. The van der Waals surface area contributed by atoms with Crippen LogP contribution in [-0.2, 0) is 22.7 Å². The highest BCUT2D eigenvalue weighted by molar-refractivity contribution is 6.93. The van der Waals surface area contributed by atoms with E-state index in [-0.39, 0.29) is 23.1 Å². The lowest BCUT2D eigenvalue weighted by molar-refractivity contribution is 0.331. The summed E-state index contributed by atoms with van der Waals surface area (Å²) in [5.41, 5.74) is 24.6. The fourth-order valence-electron chi connectivity index (χ4n) is 12.2. The van der Waals surface area contributed by atoms with Crippen molar-refractivity contribution >= 4 is 63.3 Å². The second kappa shape index (κ2) is 15.4. The molecule has 330 valence electrons. The van der Waals surface area contributed by atoms with Gasteiger partial charge in [-0.25, -0.2) is 0 Å². The van der Waals surface area contributed by atoms with E-state index in [4.69, 9.17) is 0 Å². The van der Waals surface area contributed by atoms with Gasteiger partial charge in [-0.2, -0.15) is 0 Å². The van der Waals surface area contributed by atoms with Crippen molar-refractivity contribution in [3.05, 3.63) is 204 Å². The van der Waals surface area contributed by atoms with Gasteiger partial charge in [0.2, 0.25) is 0 Å². The molecule has 0 radical (unpaired) electrons. The Morgan fingerprint density at radius 1 is 0.507 bits per heavy atom. The van der Waals surface area contributed by atoms with Gasteiger partial charge in [0.15, 0.2) is 0 Å². The highest BCUT2D eigenvalue weighted by Gasteiger charge is 2.51. The third kappa shape index (κ3) is 6.46. The molecule has 0 saturated heterocycles. The number of hydrogen-bond acceptors (Lipinski definition) is 3. The van der Waals surface area contributed by atoms with Gasteiger partial charge in [-0.1, -0.05) is 158 Å². The molecule has 0 atom stereocenters. The molecule has 4 heteroatoms. The number of para-hydroxylation sites is 3. The van der Waals surface area contributed by atoms with Crippen molar-refractivity contribution in [2.24, 2.45) is 0 Å². The molecule has 0 spiro atoms. The van der Waals surface area contributed by atoms with Crippen LogP contribution in [-0.4, -0.2) is 6.85 Å². The zero-order valence-electron chi connectivity index (χ0n) is 40.2. The maximum absolute atomic E-state index is 2.71. The van der Waals surface area contributed by atoms with Crippen molar-refractivity contribution in [2.75, 3.05) is 14.6 Å². The second-order valence-corrected chi connectivity index (χ2v) is 21.5. The van der Waals surface area contributed by atoms with Gasteiger partial charge in [-0.3, -0.25) is 0 Å². The number of anilines is 8. The minimum atomic E-state index is -0.229. The summed E-state index contributed by atoms with van der Waals surface area (Å²) in [5, 5.41) is 0. The summed E-state index contributed by atoms with van der Waals surface area (Å²) in [7, 11) is 0. The van der Waals surface area contributed by atoms with Crippen molar-refractivity contribution in [2.45, 2.75) is 96.8 Å². The van der Waals surface area contributed by atoms with E-state index in [1.165, 1.54) is 115 Å². The van der Waals surface area contributed by atoms with Crippen LogP contribution in [0.2, 0.25) is 0 Å². The Labute approximate surface area is 398 Å².